The van der Waals surface area contributed by atoms with Gasteiger partial charge < -0.3 is 10.1 Å². The van der Waals surface area contributed by atoms with Crippen LogP contribution in [0.5, 0.6) is 0 Å². The lowest BCUT2D eigenvalue weighted by Crippen LogP contribution is -2.25. The minimum atomic E-state index is 0.226. The highest BCUT2D eigenvalue weighted by Gasteiger charge is 2.07. The fourth-order valence-electron chi connectivity index (χ4n) is 1.95. The zero-order chi connectivity index (χ0) is 12.6. The lowest BCUT2D eigenvalue weighted by Gasteiger charge is -2.20. The summed E-state index contributed by atoms with van der Waals surface area (Å²) in [5.41, 5.74) is 1.28. The van der Waals surface area contributed by atoms with Crippen molar-refractivity contribution in [2.45, 2.75) is 19.5 Å². The molecule has 4 nitrogen and oxygen atoms in total. The predicted molar refractivity (Wildman–Crippen MR) is 70.8 cm³/mol. The number of benzene rings is 1. The second-order valence-corrected chi connectivity index (χ2v) is 4.31. The van der Waals surface area contributed by atoms with Crippen LogP contribution in [0.25, 0.3) is 0 Å². The normalized spacial score (nSPS) is 11.0. The van der Waals surface area contributed by atoms with Crippen LogP contribution in [0.4, 0.5) is 0 Å². The predicted octanol–water partition coefficient (Wildman–Crippen LogP) is 1.79. The number of aliphatic hydroxyl groups excluding tert-OH is 1. The number of hydrogen-bond acceptors (Lipinski definition) is 3. The molecule has 0 aliphatic carbocycles. The van der Waals surface area contributed by atoms with Crippen molar-refractivity contribution in [3.63, 3.8) is 0 Å². The molecule has 0 spiro atoms. The topological polar surface area (TPSA) is 52.1 Å². The summed E-state index contributed by atoms with van der Waals surface area (Å²) >= 11 is 0. The Balaban J connectivity index is 1.96. The van der Waals surface area contributed by atoms with E-state index in [9.17, 15) is 0 Å². The van der Waals surface area contributed by atoms with Crippen molar-refractivity contribution in [2.75, 3.05) is 13.2 Å². The van der Waals surface area contributed by atoms with Gasteiger partial charge in [0.25, 0.3) is 0 Å². The van der Waals surface area contributed by atoms with E-state index in [1.54, 1.807) is 6.20 Å². The van der Waals surface area contributed by atoms with E-state index in [2.05, 4.69) is 27.0 Å². The first-order valence-corrected chi connectivity index (χ1v) is 6.24. The van der Waals surface area contributed by atoms with Gasteiger partial charge in [-0.3, -0.25) is 4.90 Å². The first kappa shape index (κ1) is 12.8. The maximum absolute atomic E-state index is 8.96. The van der Waals surface area contributed by atoms with Crippen molar-refractivity contribution in [2.24, 2.45) is 0 Å². The molecule has 0 radical (unpaired) electrons. The third-order valence-corrected chi connectivity index (χ3v) is 2.81. The number of aromatic nitrogens is 2. The SMILES string of the molecule is OCCCN(Cc1ccccc1)Cc1ncc[nH]1. The number of nitrogens with zero attached hydrogens (tertiary/aromatic N) is 2. The maximum Gasteiger partial charge on any atom is 0.120 e. The molecule has 1 aromatic heterocycles. The fourth-order valence-corrected chi connectivity index (χ4v) is 1.95. The van der Waals surface area contributed by atoms with Gasteiger partial charge in [0.15, 0.2) is 0 Å². The number of rotatable bonds is 7. The van der Waals surface area contributed by atoms with Crippen LogP contribution in [0.15, 0.2) is 42.7 Å². The van der Waals surface area contributed by atoms with Crippen molar-refractivity contribution in [3.8, 4) is 0 Å². The monoisotopic (exact) mass is 245 g/mol. The standard InChI is InChI=1S/C14H19N3O/c18-10-4-9-17(12-14-15-7-8-16-14)11-13-5-2-1-3-6-13/h1-3,5-8,18H,4,9-12H2,(H,15,16). The van der Waals surface area contributed by atoms with Gasteiger partial charge in [-0.15, -0.1) is 0 Å². The molecule has 18 heavy (non-hydrogen) atoms. The molecule has 0 saturated carbocycles. The lowest BCUT2D eigenvalue weighted by molar-refractivity contribution is 0.209. The minimum Gasteiger partial charge on any atom is -0.396 e. The molecule has 0 aliphatic heterocycles. The molecule has 2 aromatic rings. The Morgan fingerprint density at radius 3 is 2.67 bits per heavy atom. The molecule has 0 fully saturated rings. The summed E-state index contributed by atoms with van der Waals surface area (Å²) < 4.78 is 0. The molecule has 2 N–H and O–H groups in total. The van der Waals surface area contributed by atoms with E-state index >= 15 is 0 Å². The summed E-state index contributed by atoms with van der Waals surface area (Å²) in [5, 5.41) is 8.96. The zero-order valence-electron chi connectivity index (χ0n) is 10.4. The third-order valence-electron chi connectivity index (χ3n) is 2.81. The molecule has 4 heteroatoms. The van der Waals surface area contributed by atoms with E-state index in [0.29, 0.717) is 0 Å². The molecule has 96 valence electrons. The number of aliphatic hydroxyl groups is 1. The van der Waals surface area contributed by atoms with Crippen LogP contribution in [0.2, 0.25) is 0 Å². The van der Waals surface area contributed by atoms with Crippen LogP contribution in [0.1, 0.15) is 17.8 Å². The number of hydrogen-bond donors (Lipinski definition) is 2. The highest BCUT2D eigenvalue weighted by atomic mass is 16.3. The Morgan fingerprint density at radius 2 is 2.00 bits per heavy atom. The maximum atomic E-state index is 8.96. The molecule has 0 bridgehead atoms. The Morgan fingerprint density at radius 1 is 1.17 bits per heavy atom. The lowest BCUT2D eigenvalue weighted by atomic mass is 10.2. The molecule has 0 unspecified atom stereocenters. The highest BCUT2D eigenvalue weighted by Crippen LogP contribution is 2.08. The van der Waals surface area contributed by atoms with Crippen molar-refractivity contribution in [1.29, 1.82) is 0 Å². The summed E-state index contributed by atoms with van der Waals surface area (Å²) in [5.74, 6) is 0.962. The summed E-state index contributed by atoms with van der Waals surface area (Å²) in [6, 6.07) is 10.4. The first-order valence-electron chi connectivity index (χ1n) is 6.24. The van der Waals surface area contributed by atoms with Crippen molar-refractivity contribution in [3.05, 3.63) is 54.1 Å². The van der Waals surface area contributed by atoms with Crippen LogP contribution < -0.4 is 0 Å². The van der Waals surface area contributed by atoms with Gasteiger partial charge in [0.2, 0.25) is 0 Å². The molecule has 1 aromatic carbocycles. The molecule has 1 heterocycles. The van der Waals surface area contributed by atoms with Crippen molar-refractivity contribution >= 4 is 0 Å². The second-order valence-electron chi connectivity index (χ2n) is 4.31. The number of imidazole rings is 1. The van der Waals surface area contributed by atoms with Gasteiger partial charge in [-0.05, 0) is 12.0 Å². The number of nitrogens with one attached hydrogen (secondary N) is 1. The fraction of sp³-hybridized carbons (Fsp3) is 0.357. The third kappa shape index (κ3) is 3.98. The Labute approximate surface area is 107 Å². The van der Waals surface area contributed by atoms with Gasteiger partial charge >= 0.3 is 0 Å². The Bertz CT molecular complexity index is 428. The molecule has 2 rings (SSSR count). The largest absolute Gasteiger partial charge is 0.396 e. The average molecular weight is 245 g/mol. The Hall–Kier alpha value is -1.65. The van der Waals surface area contributed by atoms with E-state index in [4.69, 9.17) is 5.11 Å². The molecule has 0 amide bonds. The zero-order valence-corrected chi connectivity index (χ0v) is 10.4. The first-order chi connectivity index (χ1) is 8.88. The molecular formula is C14H19N3O. The average Bonchev–Trinajstić information content (AvgIpc) is 2.90. The molecular weight excluding hydrogens is 226 g/mol. The van der Waals surface area contributed by atoms with Crippen molar-refractivity contribution in [1.82, 2.24) is 14.9 Å². The van der Waals surface area contributed by atoms with Crippen LogP contribution >= 0.6 is 0 Å². The van der Waals surface area contributed by atoms with E-state index in [1.165, 1.54) is 5.56 Å². The minimum absolute atomic E-state index is 0.226. The summed E-state index contributed by atoms with van der Waals surface area (Å²) in [4.78, 5) is 9.64. The summed E-state index contributed by atoms with van der Waals surface area (Å²) in [7, 11) is 0. The van der Waals surface area contributed by atoms with Crippen LogP contribution in [0.3, 0.4) is 0 Å². The smallest absolute Gasteiger partial charge is 0.120 e. The van der Waals surface area contributed by atoms with Gasteiger partial charge in [0.1, 0.15) is 5.82 Å². The summed E-state index contributed by atoms with van der Waals surface area (Å²) in [6.45, 7) is 2.75. The van der Waals surface area contributed by atoms with Gasteiger partial charge in [-0.25, -0.2) is 4.98 Å². The van der Waals surface area contributed by atoms with Crippen LogP contribution in [0, 0.1) is 0 Å². The van der Waals surface area contributed by atoms with Gasteiger partial charge in [0, 0.05) is 32.1 Å². The van der Waals surface area contributed by atoms with E-state index in [1.807, 2.05) is 24.4 Å². The number of H-pyrrole nitrogens is 1. The van der Waals surface area contributed by atoms with Gasteiger partial charge in [0.05, 0.1) is 6.54 Å². The van der Waals surface area contributed by atoms with E-state index < -0.39 is 0 Å². The molecule has 0 atom stereocenters. The van der Waals surface area contributed by atoms with Crippen LogP contribution in [-0.4, -0.2) is 33.1 Å². The van der Waals surface area contributed by atoms with Crippen molar-refractivity contribution < 1.29 is 5.11 Å². The van der Waals surface area contributed by atoms with E-state index in [-0.39, 0.29) is 6.61 Å². The Kier molecular flexibility index (Phi) is 4.93. The molecule has 0 saturated heterocycles. The molecule has 0 aliphatic rings. The number of aromatic amines is 1. The second kappa shape index (κ2) is 6.93. The summed E-state index contributed by atoms with van der Waals surface area (Å²) in [6.07, 6.45) is 4.39. The van der Waals surface area contributed by atoms with Gasteiger partial charge in [-0.2, -0.15) is 0 Å². The van der Waals surface area contributed by atoms with Gasteiger partial charge in [-0.1, -0.05) is 30.3 Å². The van der Waals surface area contributed by atoms with E-state index in [0.717, 1.165) is 31.9 Å². The van der Waals surface area contributed by atoms with Crippen LogP contribution in [-0.2, 0) is 13.1 Å². The quantitative estimate of drug-likeness (QED) is 0.782. The highest BCUT2D eigenvalue weighted by molar-refractivity contribution is 5.14.